The summed E-state index contributed by atoms with van der Waals surface area (Å²) in [6, 6.07) is 4.33. The van der Waals surface area contributed by atoms with E-state index in [0.717, 1.165) is 0 Å². The van der Waals surface area contributed by atoms with Crippen LogP contribution in [-0.4, -0.2) is 26.7 Å². The maximum atomic E-state index is 13.6. The van der Waals surface area contributed by atoms with E-state index in [1.54, 1.807) is 6.07 Å². The molecule has 88 valence electrons. The van der Waals surface area contributed by atoms with E-state index in [1.807, 2.05) is 0 Å². The van der Waals surface area contributed by atoms with Crippen LogP contribution >= 0.6 is 0 Å². The second-order valence-electron chi connectivity index (χ2n) is 3.17. The highest BCUT2D eigenvalue weighted by Gasteiger charge is 2.26. The van der Waals surface area contributed by atoms with E-state index in [-0.39, 0.29) is 12.1 Å². The van der Waals surface area contributed by atoms with Gasteiger partial charge in [0.15, 0.2) is 0 Å². The van der Waals surface area contributed by atoms with Crippen molar-refractivity contribution in [1.29, 1.82) is 0 Å². The number of nitrogens with two attached hydrogens (primary N) is 1. The van der Waals surface area contributed by atoms with Gasteiger partial charge >= 0.3 is 5.97 Å². The third-order valence-corrected chi connectivity index (χ3v) is 2.30. The molecule has 5 heteroatoms. The van der Waals surface area contributed by atoms with Crippen LogP contribution in [0.5, 0.6) is 5.75 Å². The minimum absolute atomic E-state index is 0.0377. The van der Waals surface area contributed by atoms with Crippen molar-refractivity contribution >= 4 is 5.97 Å². The Kier molecular flexibility index (Phi) is 4.25. The molecule has 1 atom stereocenters. The van der Waals surface area contributed by atoms with Gasteiger partial charge in [-0.05, 0) is 12.1 Å². The largest absolute Gasteiger partial charge is 0.496 e. The molecule has 0 aliphatic heterocycles. The molecule has 0 saturated carbocycles. The van der Waals surface area contributed by atoms with Crippen LogP contribution in [0.4, 0.5) is 4.39 Å². The monoisotopic (exact) mass is 227 g/mol. The van der Waals surface area contributed by atoms with Crippen LogP contribution in [0, 0.1) is 5.82 Å². The lowest BCUT2D eigenvalue weighted by Crippen LogP contribution is -2.24. The molecule has 0 radical (unpaired) electrons. The van der Waals surface area contributed by atoms with E-state index >= 15 is 0 Å². The SMILES string of the molecule is COC(=O)C(CN)c1c(F)cccc1OC. The highest BCUT2D eigenvalue weighted by atomic mass is 19.1. The van der Waals surface area contributed by atoms with E-state index in [9.17, 15) is 9.18 Å². The number of carbonyl (C=O) groups is 1. The van der Waals surface area contributed by atoms with Gasteiger partial charge in [0.1, 0.15) is 17.5 Å². The normalized spacial score (nSPS) is 12.0. The fourth-order valence-electron chi connectivity index (χ4n) is 1.51. The number of ether oxygens (including phenoxy) is 2. The van der Waals surface area contributed by atoms with Gasteiger partial charge in [-0.15, -0.1) is 0 Å². The molecule has 0 aliphatic carbocycles. The number of hydrogen-bond acceptors (Lipinski definition) is 4. The van der Waals surface area contributed by atoms with Gasteiger partial charge < -0.3 is 15.2 Å². The lowest BCUT2D eigenvalue weighted by atomic mass is 9.97. The van der Waals surface area contributed by atoms with Gasteiger partial charge in [0.25, 0.3) is 0 Å². The molecular formula is C11H14FNO3. The van der Waals surface area contributed by atoms with Crippen LogP contribution in [0.25, 0.3) is 0 Å². The number of carbonyl (C=O) groups excluding carboxylic acids is 1. The molecule has 4 nitrogen and oxygen atoms in total. The van der Waals surface area contributed by atoms with Gasteiger partial charge in [0.05, 0.1) is 14.2 Å². The molecule has 0 spiro atoms. The second kappa shape index (κ2) is 5.46. The van der Waals surface area contributed by atoms with Crippen molar-refractivity contribution in [1.82, 2.24) is 0 Å². The van der Waals surface area contributed by atoms with Gasteiger partial charge in [-0.3, -0.25) is 4.79 Å². The lowest BCUT2D eigenvalue weighted by Gasteiger charge is -2.16. The molecular weight excluding hydrogens is 213 g/mol. The Morgan fingerprint density at radius 2 is 2.19 bits per heavy atom. The fraction of sp³-hybridized carbons (Fsp3) is 0.364. The zero-order chi connectivity index (χ0) is 12.1. The molecule has 0 amide bonds. The summed E-state index contributed by atoms with van der Waals surface area (Å²) in [6.45, 7) is -0.0377. The van der Waals surface area contributed by atoms with E-state index in [4.69, 9.17) is 10.5 Å². The standard InChI is InChI=1S/C11H14FNO3/c1-15-9-5-3-4-8(12)10(9)7(6-13)11(14)16-2/h3-5,7H,6,13H2,1-2H3. The third kappa shape index (κ3) is 2.30. The smallest absolute Gasteiger partial charge is 0.314 e. The van der Waals surface area contributed by atoms with Gasteiger partial charge in [0, 0.05) is 12.1 Å². The van der Waals surface area contributed by atoms with Crippen LogP contribution in [0.1, 0.15) is 11.5 Å². The van der Waals surface area contributed by atoms with E-state index in [2.05, 4.69) is 4.74 Å². The first-order chi connectivity index (χ1) is 7.65. The summed E-state index contributed by atoms with van der Waals surface area (Å²) in [5.74, 6) is -1.66. The predicted molar refractivity (Wildman–Crippen MR) is 56.8 cm³/mol. The third-order valence-electron chi connectivity index (χ3n) is 2.30. The summed E-state index contributed by atoms with van der Waals surface area (Å²) in [7, 11) is 2.64. The van der Waals surface area contributed by atoms with Crippen molar-refractivity contribution in [2.24, 2.45) is 5.73 Å². The van der Waals surface area contributed by atoms with Crippen molar-refractivity contribution in [3.05, 3.63) is 29.6 Å². The molecule has 0 fully saturated rings. The van der Waals surface area contributed by atoms with Crippen LogP contribution in [0.2, 0.25) is 0 Å². The van der Waals surface area contributed by atoms with Crippen molar-refractivity contribution in [3.8, 4) is 5.75 Å². The molecule has 1 rings (SSSR count). The quantitative estimate of drug-likeness (QED) is 0.781. The lowest BCUT2D eigenvalue weighted by molar-refractivity contribution is -0.142. The predicted octanol–water partition coefficient (Wildman–Crippen LogP) is 1.05. The van der Waals surface area contributed by atoms with Gasteiger partial charge in [-0.1, -0.05) is 6.07 Å². The van der Waals surface area contributed by atoms with Crippen LogP contribution in [-0.2, 0) is 9.53 Å². The molecule has 2 N–H and O–H groups in total. The first kappa shape index (κ1) is 12.4. The molecule has 0 heterocycles. The summed E-state index contributed by atoms with van der Waals surface area (Å²) in [6.07, 6.45) is 0. The summed E-state index contributed by atoms with van der Waals surface area (Å²) in [5.41, 5.74) is 5.59. The molecule has 0 saturated heterocycles. The maximum absolute atomic E-state index is 13.6. The first-order valence-electron chi connectivity index (χ1n) is 4.76. The highest BCUT2D eigenvalue weighted by Crippen LogP contribution is 2.29. The number of rotatable bonds is 4. The maximum Gasteiger partial charge on any atom is 0.314 e. The zero-order valence-electron chi connectivity index (χ0n) is 9.20. The van der Waals surface area contributed by atoms with Gasteiger partial charge in [0.2, 0.25) is 0 Å². The number of methoxy groups -OCH3 is 2. The van der Waals surface area contributed by atoms with Crippen molar-refractivity contribution in [2.75, 3.05) is 20.8 Å². The fourth-order valence-corrected chi connectivity index (χ4v) is 1.51. The van der Waals surface area contributed by atoms with Crippen LogP contribution < -0.4 is 10.5 Å². The molecule has 16 heavy (non-hydrogen) atoms. The van der Waals surface area contributed by atoms with Crippen molar-refractivity contribution in [3.63, 3.8) is 0 Å². The Bertz CT molecular complexity index is 381. The summed E-state index contributed by atoms with van der Waals surface area (Å²) in [5, 5.41) is 0. The minimum Gasteiger partial charge on any atom is -0.496 e. The molecule has 0 aromatic heterocycles. The Morgan fingerprint density at radius 3 is 2.69 bits per heavy atom. The van der Waals surface area contributed by atoms with Gasteiger partial charge in [-0.25, -0.2) is 4.39 Å². The average molecular weight is 227 g/mol. The van der Waals surface area contributed by atoms with Crippen LogP contribution in [0.3, 0.4) is 0 Å². The summed E-state index contributed by atoms with van der Waals surface area (Å²) < 4.78 is 23.2. The number of hydrogen-bond donors (Lipinski definition) is 1. The van der Waals surface area contributed by atoms with E-state index < -0.39 is 17.7 Å². The Morgan fingerprint density at radius 1 is 1.50 bits per heavy atom. The Labute approximate surface area is 93.2 Å². The van der Waals surface area contributed by atoms with E-state index in [1.165, 1.54) is 26.4 Å². The highest BCUT2D eigenvalue weighted by molar-refractivity contribution is 5.79. The molecule has 0 bridgehead atoms. The Balaban J connectivity index is 3.22. The van der Waals surface area contributed by atoms with Gasteiger partial charge in [-0.2, -0.15) is 0 Å². The van der Waals surface area contributed by atoms with Crippen LogP contribution in [0.15, 0.2) is 18.2 Å². The first-order valence-corrected chi connectivity index (χ1v) is 4.76. The molecule has 1 aromatic rings. The van der Waals surface area contributed by atoms with E-state index in [0.29, 0.717) is 5.75 Å². The van der Waals surface area contributed by atoms with Crippen molar-refractivity contribution in [2.45, 2.75) is 5.92 Å². The summed E-state index contributed by atoms with van der Waals surface area (Å²) >= 11 is 0. The number of benzene rings is 1. The molecule has 0 aliphatic rings. The number of esters is 1. The molecule has 1 unspecified atom stereocenters. The minimum atomic E-state index is -0.846. The molecule has 1 aromatic carbocycles. The number of halogens is 1. The average Bonchev–Trinajstić information content (AvgIpc) is 2.31. The summed E-state index contributed by atoms with van der Waals surface area (Å²) in [4.78, 5) is 11.4. The Hall–Kier alpha value is -1.62. The second-order valence-corrected chi connectivity index (χ2v) is 3.17. The topological polar surface area (TPSA) is 61.5 Å². The van der Waals surface area contributed by atoms with Crippen molar-refractivity contribution < 1.29 is 18.7 Å². The zero-order valence-corrected chi connectivity index (χ0v) is 9.20.